The fourth-order valence-electron chi connectivity index (χ4n) is 2.03. The van der Waals surface area contributed by atoms with E-state index >= 15 is 0 Å². The Balaban J connectivity index is 2.42. The molecule has 102 valence electrons. The van der Waals surface area contributed by atoms with E-state index in [0.717, 1.165) is 6.07 Å². The van der Waals surface area contributed by atoms with Crippen LogP contribution in [0.1, 0.15) is 0 Å². The van der Waals surface area contributed by atoms with Crippen molar-refractivity contribution in [1.82, 2.24) is 9.55 Å². The molecule has 0 atom stereocenters. The minimum atomic E-state index is -0.685. The van der Waals surface area contributed by atoms with Gasteiger partial charge in [-0.2, -0.15) is 0 Å². The van der Waals surface area contributed by atoms with Gasteiger partial charge in [-0.3, -0.25) is 4.57 Å². The van der Waals surface area contributed by atoms with Crippen LogP contribution in [0.4, 0.5) is 8.78 Å². The first-order chi connectivity index (χ1) is 9.47. The van der Waals surface area contributed by atoms with Gasteiger partial charge in [-0.25, -0.2) is 8.78 Å². The third-order valence-corrected chi connectivity index (χ3v) is 4.02. The van der Waals surface area contributed by atoms with Crippen molar-refractivity contribution in [3.05, 3.63) is 56.2 Å². The lowest BCUT2D eigenvalue weighted by Gasteiger charge is -2.07. The van der Waals surface area contributed by atoms with Gasteiger partial charge in [-0.05, 0) is 46.3 Å². The van der Waals surface area contributed by atoms with Gasteiger partial charge in [-0.1, -0.05) is 11.6 Å². The Morgan fingerprint density at radius 1 is 1.20 bits per heavy atom. The molecule has 0 aliphatic carbocycles. The number of imidazole rings is 1. The molecule has 0 amide bonds. The lowest BCUT2D eigenvalue weighted by molar-refractivity contribution is 0.590. The van der Waals surface area contributed by atoms with Crippen LogP contribution in [0, 0.1) is 16.4 Å². The fraction of sp³-hybridized carbons (Fsp3) is 0. The molecule has 3 aromatic rings. The highest BCUT2D eigenvalue weighted by Gasteiger charge is 2.14. The standard InChI is InChI=1S/C13H6BrClF2N2S/c14-8-3-6(15)1-2-10(8)19-11-5-7(16)4-9(17)12(11)18-13(19)20/h1-5H,(H,18,20). The van der Waals surface area contributed by atoms with Crippen molar-refractivity contribution in [3.63, 3.8) is 0 Å². The van der Waals surface area contributed by atoms with Gasteiger partial charge >= 0.3 is 0 Å². The first-order valence-corrected chi connectivity index (χ1v) is 7.10. The van der Waals surface area contributed by atoms with Gasteiger partial charge in [0.05, 0.1) is 11.2 Å². The summed E-state index contributed by atoms with van der Waals surface area (Å²) in [6.07, 6.45) is 0. The quantitative estimate of drug-likeness (QED) is 0.566. The van der Waals surface area contributed by atoms with Crippen LogP contribution in [0.2, 0.25) is 5.02 Å². The van der Waals surface area contributed by atoms with Gasteiger partial charge in [0.15, 0.2) is 10.6 Å². The summed E-state index contributed by atoms with van der Waals surface area (Å²) in [5.74, 6) is -1.35. The molecule has 2 nitrogen and oxygen atoms in total. The molecular weight excluding hydrogens is 370 g/mol. The minimum Gasteiger partial charge on any atom is -0.328 e. The fourth-order valence-corrected chi connectivity index (χ4v) is 3.19. The zero-order chi connectivity index (χ0) is 14.4. The number of aromatic amines is 1. The van der Waals surface area contributed by atoms with Crippen molar-refractivity contribution in [3.8, 4) is 5.69 Å². The van der Waals surface area contributed by atoms with Crippen molar-refractivity contribution in [2.75, 3.05) is 0 Å². The summed E-state index contributed by atoms with van der Waals surface area (Å²) in [7, 11) is 0. The zero-order valence-corrected chi connectivity index (χ0v) is 12.9. The summed E-state index contributed by atoms with van der Waals surface area (Å²) < 4.78 is 29.7. The monoisotopic (exact) mass is 374 g/mol. The first-order valence-electron chi connectivity index (χ1n) is 5.52. The highest BCUT2D eigenvalue weighted by Crippen LogP contribution is 2.29. The Bertz CT molecular complexity index is 888. The highest BCUT2D eigenvalue weighted by molar-refractivity contribution is 9.10. The van der Waals surface area contributed by atoms with E-state index in [4.69, 9.17) is 23.8 Å². The van der Waals surface area contributed by atoms with Crippen LogP contribution >= 0.6 is 39.7 Å². The average molecular weight is 376 g/mol. The second kappa shape index (κ2) is 4.95. The molecule has 1 aromatic heterocycles. The molecular formula is C13H6BrClF2N2S. The van der Waals surface area contributed by atoms with E-state index in [-0.39, 0.29) is 10.3 Å². The van der Waals surface area contributed by atoms with Crippen molar-refractivity contribution >= 4 is 50.8 Å². The molecule has 2 aromatic carbocycles. The summed E-state index contributed by atoms with van der Waals surface area (Å²) in [5.41, 5.74) is 1.14. The molecule has 0 saturated heterocycles. The molecule has 0 aliphatic rings. The molecule has 20 heavy (non-hydrogen) atoms. The van der Waals surface area contributed by atoms with Crippen molar-refractivity contribution < 1.29 is 8.78 Å². The largest absolute Gasteiger partial charge is 0.328 e. The van der Waals surface area contributed by atoms with Gasteiger partial charge < -0.3 is 4.98 Å². The third kappa shape index (κ3) is 2.17. The third-order valence-electron chi connectivity index (χ3n) is 2.86. The molecule has 0 spiro atoms. The lowest BCUT2D eigenvalue weighted by atomic mass is 10.2. The Hall–Kier alpha value is -1.24. The summed E-state index contributed by atoms with van der Waals surface area (Å²) in [6, 6.07) is 7.13. The van der Waals surface area contributed by atoms with Crippen LogP contribution in [-0.4, -0.2) is 9.55 Å². The summed E-state index contributed by atoms with van der Waals surface area (Å²) in [5, 5.41) is 0.546. The van der Waals surface area contributed by atoms with E-state index in [1.165, 1.54) is 6.07 Å². The number of nitrogens with one attached hydrogen (secondary N) is 1. The number of hydrogen-bond donors (Lipinski definition) is 1. The number of H-pyrrole nitrogens is 1. The second-order valence-corrected chi connectivity index (χ2v) is 5.82. The molecule has 0 bridgehead atoms. The van der Waals surface area contributed by atoms with Gasteiger partial charge in [-0.15, -0.1) is 0 Å². The summed E-state index contributed by atoms with van der Waals surface area (Å²) >= 11 is 14.5. The smallest absolute Gasteiger partial charge is 0.182 e. The molecule has 0 radical (unpaired) electrons. The van der Waals surface area contributed by atoms with Gasteiger partial charge in [0.25, 0.3) is 0 Å². The second-order valence-electron chi connectivity index (χ2n) is 4.14. The highest BCUT2D eigenvalue weighted by atomic mass is 79.9. The van der Waals surface area contributed by atoms with Gasteiger partial charge in [0.2, 0.25) is 0 Å². The Kier molecular flexibility index (Phi) is 3.40. The van der Waals surface area contributed by atoms with E-state index in [0.29, 0.717) is 20.7 Å². The molecule has 0 saturated carbocycles. The number of aromatic nitrogens is 2. The first kappa shape index (κ1) is 13.7. The Morgan fingerprint density at radius 3 is 2.65 bits per heavy atom. The number of nitrogens with zero attached hydrogens (tertiary/aromatic N) is 1. The van der Waals surface area contributed by atoms with Crippen LogP contribution < -0.4 is 0 Å². The average Bonchev–Trinajstić information content (AvgIpc) is 2.67. The zero-order valence-electron chi connectivity index (χ0n) is 9.75. The van der Waals surface area contributed by atoms with Crippen LogP contribution in [0.25, 0.3) is 16.7 Å². The van der Waals surface area contributed by atoms with E-state index in [2.05, 4.69) is 20.9 Å². The Morgan fingerprint density at radius 2 is 1.95 bits per heavy atom. The number of rotatable bonds is 1. The summed E-state index contributed by atoms with van der Waals surface area (Å²) in [4.78, 5) is 2.75. The maximum atomic E-state index is 13.8. The maximum absolute atomic E-state index is 13.8. The molecule has 0 fully saturated rings. The number of halogens is 4. The summed E-state index contributed by atoms with van der Waals surface area (Å²) in [6.45, 7) is 0. The number of benzene rings is 2. The van der Waals surface area contributed by atoms with E-state index in [1.807, 2.05) is 0 Å². The van der Waals surface area contributed by atoms with Crippen molar-refractivity contribution in [2.45, 2.75) is 0 Å². The predicted molar refractivity (Wildman–Crippen MR) is 81.1 cm³/mol. The van der Waals surface area contributed by atoms with Crippen molar-refractivity contribution in [1.29, 1.82) is 0 Å². The normalized spacial score (nSPS) is 11.2. The van der Waals surface area contributed by atoms with E-state index < -0.39 is 11.6 Å². The van der Waals surface area contributed by atoms with Gasteiger partial charge in [0, 0.05) is 21.6 Å². The maximum Gasteiger partial charge on any atom is 0.182 e. The molecule has 3 rings (SSSR count). The van der Waals surface area contributed by atoms with Crippen LogP contribution in [-0.2, 0) is 0 Å². The van der Waals surface area contributed by atoms with Crippen LogP contribution in [0.15, 0.2) is 34.8 Å². The van der Waals surface area contributed by atoms with Gasteiger partial charge in [0.1, 0.15) is 11.3 Å². The number of hydrogen-bond acceptors (Lipinski definition) is 1. The molecule has 0 aliphatic heterocycles. The van der Waals surface area contributed by atoms with E-state index in [1.54, 1.807) is 22.8 Å². The SMILES string of the molecule is Fc1cc(F)c2[nH]c(=S)n(-c3ccc(Cl)cc3Br)c2c1. The molecule has 1 heterocycles. The van der Waals surface area contributed by atoms with Crippen molar-refractivity contribution in [2.24, 2.45) is 0 Å². The minimum absolute atomic E-state index is 0.165. The molecule has 0 unspecified atom stereocenters. The van der Waals surface area contributed by atoms with Crippen LogP contribution in [0.5, 0.6) is 0 Å². The molecule has 1 N–H and O–H groups in total. The van der Waals surface area contributed by atoms with E-state index in [9.17, 15) is 8.78 Å². The Labute approximate surface area is 131 Å². The predicted octanol–water partition coefficient (Wildman–Crippen LogP) is 5.38. The topological polar surface area (TPSA) is 20.7 Å². The number of fused-ring (bicyclic) bond motifs is 1. The lowest BCUT2D eigenvalue weighted by Crippen LogP contribution is -1.96. The molecule has 7 heteroatoms. The van der Waals surface area contributed by atoms with Crippen LogP contribution in [0.3, 0.4) is 0 Å².